The highest BCUT2D eigenvalue weighted by Gasteiger charge is 2.20. The maximum Gasteiger partial charge on any atom is 0.225 e. The highest BCUT2D eigenvalue weighted by Crippen LogP contribution is 2.09. The van der Waals surface area contributed by atoms with Crippen LogP contribution in [0.4, 0.5) is 5.95 Å². The molecule has 2 saturated heterocycles. The summed E-state index contributed by atoms with van der Waals surface area (Å²) in [4.78, 5) is 18.5. The largest absolute Gasteiger partial charge is 0.338 e. The van der Waals surface area contributed by atoms with E-state index in [1.165, 1.54) is 39.3 Å². The molecule has 3 heterocycles. The maximum absolute atomic E-state index is 4.34. The van der Waals surface area contributed by atoms with Crippen molar-refractivity contribution in [2.45, 2.75) is 27.7 Å². The Morgan fingerprint density at radius 2 is 1.16 bits per heavy atom. The van der Waals surface area contributed by atoms with E-state index >= 15 is 0 Å². The van der Waals surface area contributed by atoms with Gasteiger partial charge in [-0.3, -0.25) is 9.80 Å². The fraction of sp³-hybridized carbons (Fsp3) is 0.789. The van der Waals surface area contributed by atoms with Gasteiger partial charge in [0, 0.05) is 77.8 Å². The second-order valence-corrected chi connectivity index (χ2v) is 6.02. The van der Waals surface area contributed by atoms with E-state index in [0.29, 0.717) is 0 Å². The number of hydrogen-bond donors (Lipinski definition) is 0. The van der Waals surface area contributed by atoms with Crippen LogP contribution < -0.4 is 4.90 Å². The van der Waals surface area contributed by atoms with Crippen LogP contribution in [0.5, 0.6) is 0 Å². The Balaban J connectivity index is 0.000000730. The second kappa shape index (κ2) is 13.0. The zero-order chi connectivity index (χ0) is 18.5. The molecule has 144 valence electrons. The van der Waals surface area contributed by atoms with E-state index in [-0.39, 0.29) is 0 Å². The molecular weight excluding hydrogens is 312 g/mol. The molecule has 0 amide bonds. The highest BCUT2D eigenvalue weighted by atomic mass is 15.3. The lowest BCUT2D eigenvalue weighted by Crippen LogP contribution is -2.51. The van der Waals surface area contributed by atoms with Crippen molar-refractivity contribution in [3.63, 3.8) is 0 Å². The number of anilines is 1. The van der Waals surface area contributed by atoms with Crippen molar-refractivity contribution in [2.24, 2.45) is 0 Å². The van der Waals surface area contributed by atoms with Gasteiger partial charge < -0.3 is 9.80 Å². The topological polar surface area (TPSA) is 38.7 Å². The van der Waals surface area contributed by atoms with Crippen LogP contribution in [0, 0.1) is 0 Å². The molecule has 1 aromatic heterocycles. The van der Waals surface area contributed by atoms with E-state index in [9.17, 15) is 0 Å². The summed E-state index contributed by atoms with van der Waals surface area (Å²) in [5.74, 6) is 0.871. The first-order chi connectivity index (χ1) is 12.3. The zero-order valence-corrected chi connectivity index (χ0v) is 17.0. The van der Waals surface area contributed by atoms with Crippen LogP contribution in [-0.2, 0) is 0 Å². The summed E-state index contributed by atoms with van der Waals surface area (Å²) >= 11 is 0. The Kier molecular flexibility index (Phi) is 11.4. The van der Waals surface area contributed by atoms with Gasteiger partial charge in [0.05, 0.1) is 0 Å². The minimum Gasteiger partial charge on any atom is -0.338 e. The van der Waals surface area contributed by atoms with Crippen molar-refractivity contribution in [1.29, 1.82) is 0 Å². The molecule has 0 radical (unpaired) electrons. The standard InChI is InChI=1S/C15H26N6.2C2H6/c1-18-5-7-19(8-6-18)9-10-20-11-13-21(14-12-20)15-16-3-2-4-17-15;2*1-2/h2-4H,5-14H2,1H3;2*1-2H3. The first kappa shape index (κ1) is 21.8. The van der Waals surface area contributed by atoms with E-state index in [1.807, 2.05) is 46.2 Å². The number of piperazine rings is 2. The molecule has 0 atom stereocenters. The molecule has 0 N–H and O–H groups in total. The van der Waals surface area contributed by atoms with Gasteiger partial charge in [-0.1, -0.05) is 27.7 Å². The summed E-state index contributed by atoms with van der Waals surface area (Å²) in [5, 5.41) is 0. The lowest BCUT2D eigenvalue weighted by Gasteiger charge is -2.37. The number of aromatic nitrogens is 2. The van der Waals surface area contributed by atoms with Gasteiger partial charge in [-0.15, -0.1) is 0 Å². The minimum absolute atomic E-state index is 0.871. The van der Waals surface area contributed by atoms with Crippen molar-refractivity contribution in [3.05, 3.63) is 18.5 Å². The summed E-state index contributed by atoms with van der Waals surface area (Å²) < 4.78 is 0. The molecule has 0 unspecified atom stereocenters. The normalized spacial score (nSPS) is 19.5. The molecule has 6 nitrogen and oxygen atoms in total. The molecule has 0 bridgehead atoms. The van der Waals surface area contributed by atoms with E-state index in [1.54, 1.807) is 0 Å². The number of rotatable bonds is 4. The van der Waals surface area contributed by atoms with E-state index in [2.05, 4.69) is 36.6 Å². The third-order valence-electron chi connectivity index (χ3n) is 4.54. The zero-order valence-electron chi connectivity index (χ0n) is 17.0. The van der Waals surface area contributed by atoms with Gasteiger partial charge in [-0.05, 0) is 13.1 Å². The molecule has 0 saturated carbocycles. The van der Waals surface area contributed by atoms with Crippen LogP contribution in [0.2, 0.25) is 0 Å². The average Bonchev–Trinajstić information content (AvgIpc) is 2.72. The Bertz CT molecular complexity index is 411. The maximum atomic E-state index is 4.34. The third kappa shape index (κ3) is 7.67. The highest BCUT2D eigenvalue weighted by molar-refractivity contribution is 5.29. The van der Waals surface area contributed by atoms with E-state index < -0.39 is 0 Å². The van der Waals surface area contributed by atoms with Gasteiger partial charge in [0.15, 0.2) is 0 Å². The third-order valence-corrected chi connectivity index (χ3v) is 4.54. The molecule has 2 aliphatic heterocycles. The van der Waals surface area contributed by atoms with Gasteiger partial charge in [0.1, 0.15) is 0 Å². The Hall–Kier alpha value is -1.24. The Labute approximate surface area is 154 Å². The number of hydrogen-bond acceptors (Lipinski definition) is 6. The Morgan fingerprint density at radius 1 is 0.720 bits per heavy atom. The summed E-state index contributed by atoms with van der Waals surface area (Å²) in [6.07, 6.45) is 3.64. The summed E-state index contributed by atoms with van der Waals surface area (Å²) in [7, 11) is 2.21. The van der Waals surface area contributed by atoms with Crippen LogP contribution in [0.3, 0.4) is 0 Å². The summed E-state index contributed by atoms with van der Waals surface area (Å²) in [6, 6.07) is 1.87. The summed E-state index contributed by atoms with van der Waals surface area (Å²) in [5.41, 5.74) is 0. The molecule has 2 fully saturated rings. The average molecular weight is 351 g/mol. The van der Waals surface area contributed by atoms with Gasteiger partial charge in [-0.2, -0.15) is 0 Å². The van der Waals surface area contributed by atoms with Crippen molar-refractivity contribution >= 4 is 5.95 Å². The van der Waals surface area contributed by atoms with Crippen molar-refractivity contribution in [2.75, 3.05) is 77.4 Å². The summed E-state index contributed by atoms with van der Waals surface area (Å²) in [6.45, 7) is 19.5. The van der Waals surface area contributed by atoms with Crippen molar-refractivity contribution < 1.29 is 0 Å². The first-order valence-electron chi connectivity index (χ1n) is 9.96. The molecule has 0 spiro atoms. The molecule has 6 heteroatoms. The fourth-order valence-corrected chi connectivity index (χ4v) is 2.98. The SMILES string of the molecule is CC.CC.CN1CCN(CCN2CCN(c3ncccn3)CC2)CC1. The lowest BCUT2D eigenvalue weighted by atomic mass is 10.3. The van der Waals surface area contributed by atoms with Crippen LogP contribution in [-0.4, -0.2) is 97.2 Å². The molecule has 0 aliphatic carbocycles. The van der Waals surface area contributed by atoms with Gasteiger partial charge in [-0.25, -0.2) is 9.97 Å². The van der Waals surface area contributed by atoms with Crippen LogP contribution >= 0.6 is 0 Å². The van der Waals surface area contributed by atoms with Crippen molar-refractivity contribution in [1.82, 2.24) is 24.7 Å². The van der Waals surface area contributed by atoms with E-state index in [4.69, 9.17) is 0 Å². The monoisotopic (exact) mass is 350 g/mol. The quantitative estimate of drug-likeness (QED) is 0.826. The first-order valence-corrected chi connectivity index (χ1v) is 9.96. The second-order valence-electron chi connectivity index (χ2n) is 6.02. The van der Waals surface area contributed by atoms with Crippen molar-refractivity contribution in [3.8, 4) is 0 Å². The minimum atomic E-state index is 0.871. The molecule has 2 aliphatic rings. The van der Waals surface area contributed by atoms with Crippen LogP contribution in [0.25, 0.3) is 0 Å². The molecule has 1 aromatic rings. The molecule has 0 aromatic carbocycles. The van der Waals surface area contributed by atoms with Gasteiger partial charge >= 0.3 is 0 Å². The van der Waals surface area contributed by atoms with Gasteiger partial charge in [0.25, 0.3) is 0 Å². The Morgan fingerprint density at radius 3 is 1.64 bits per heavy atom. The van der Waals surface area contributed by atoms with Crippen LogP contribution in [0.15, 0.2) is 18.5 Å². The molecule has 25 heavy (non-hydrogen) atoms. The lowest BCUT2D eigenvalue weighted by molar-refractivity contribution is 0.133. The predicted molar refractivity (Wildman–Crippen MR) is 107 cm³/mol. The van der Waals surface area contributed by atoms with Gasteiger partial charge in [0.2, 0.25) is 5.95 Å². The van der Waals surface area contributed by atoms with Crippen LogP contribution in [0.1, 0.15) is 27.7 Å². The fourth-order valence-electron chi connectivity index (χ4n) is 2.98. The smallest absolute Gasteiger partial charge is 0.225 e. The number of nitrogens with zero attached hydrogens (tertiary/aromatic N) is 6. The molecular formula is C19H38N6. The molecule has 3 rings (SSSR count). The number of likely N-dealkylation sites (N-methyl/N-ethyl adjacent to an activating group) is 1. The van der Waals surface area contributed by atoms with E-state index in [0.717, 1.165) is 32.1 Å². The predicted octanol–water partition coefficient (Wildman–Crippen LogP) is 1.90.